The largest absolute Gasteiger partial charge is 0.328 e. The van der Waals surface area contributed by atoms with Gasteiger partial charge in [0.05, 0.1) is 10.9 Å². The third-order valence-corrected chi connectivity index (χ3v) is 3.10. The molecule has 0 aliphatic rings. The Labute approximate surface area is 115 Å². The molecule has 5 heteroatoms. The Morgan fingerprint density at radius 1 is 1.30 bits per heavy atom. The van der Waals surface area contributed by atoms with Crippen LogP contribution in [-0.2, 0) is 11.3 Å². The van der Waals surface area contributed by atoms with Crippen molar-refractivity contribution in [1.29, 1.82) is 0 Å². The van der Waals surface area contributed by atoms with Crippen LogP contribution in [0.25, 0.3) is 10.9 Å². The van der Waals surface area contributed by atoms with Crippen molar-refractivity contribution in [3.05, 3.63) is 57.8 Å². The zero-order chi connectivity index (χ0) is 14.5. The van der Waals surface area contributed by atoms with Crippen molar-refractivity contribution in [3.8, 4) is 0 Å². The normalized spacial score (nSPS) is 10.6. The summed E-state index contributed by atoms with van der Waals surface area (Å²) in [5.74, 6) is 0.0604. The van der Waals surface area contributed by atoms with Gasteiger partial charge < -0.3 is 4.98 Å². The first kappa shape index (κ1) is 14.0. The van der Waals surface area contributed by atoms with Crippen molar-refractivity contribution in [2.75, 3.05) is 0 Å². The van der Waals surface area contributed by atoms with E-state index in [2.05, 4.69) is 11.6 Å². The topological polar surface area (TPSA) is 71.9 Å². The number of Topliss-reactive ketones (excluding diaryl/α,β-unsaturated/α-hetero) is 1. The second kappa shape index (κ2) is 6.14. The second-order valence-electron chi connectivity index (χ2n) is 4.57. The van der Waals surface area contributed by atoms with Gasteiger partial charge in [0.1, 0.15) is 5.78 Å². The van der Waals surface area contributed by atoms with Gasteiger partial charge in [-0.1, -0.05) is 18.2 Å². The summed E-state index contributed by atoms with van der Waals surface area (Å²) in [7, 11) is 0. The van der Waals surface area contributed by atoms with Gasteiger partial charge in [0.2, 0.25) is 0 Å². The lowest BCUT2D eigenvalue weighted by Gasteiger charge is -2.05. The Balaban J connectivity index is 2.22. The van der Waals surface area contributed by atoms with Gasteiger partial charge in [-0.25, -0.2) is 4.79 Å². The number of carbonyl (C=O) groups is 1. The molecule has 0 aliphatic carbocycles. The molecule has 0 saturated heterocycles. The van der Waals surface area contributed by atoms with Gasteiger partial charge in [-0.15, -0.1) is 6.58 Å². The molecule has 1 N–H and O–H groups in total. The predicted molar refractivity (Wildman–Crippen MR) is 77.9 cm³/mol. The first-order valence-electron chi connectivity index (χ1n) is 6.48. The molecule has 5 nitrogen and oxygen atoms in total. The van der Waals surface area contributed by atoms with E-state index in [9.17, 15) is 14.4 Å². The average molecular weight is 272 g/mol. The Kier molecular flexibility index (Phi) is 4.30. The quantitative estimate of drug-likeness (QED) is 0.812. The van der Waals surface area contributed by atoms with E-state index in [1.54, 1.807) is 30.3 Å². The number of carbonyl (C=O) groups excluding carboxylic acids is 1. The Morgan fingerprint density at radius 2 is 2.05 bits per heavy atom. The number of nitrogens with one attached hydrogen (secondary N) is 1. The number of allylic oxidation sites excluding steroid dienone is 1. The van der Waals surface area contributed by atoms with Crippen LogP contribution in [0.1, 0.15) is 19.3 Å². The molecular weight excluding hydrogens is 256 g/mol. The number of para-hydroxylation sites is 1. The fourth-order valence-electron chi connectivity index (χ4n) is 2.10. The highest BCUT2D eigenvalue weighted by molar-refractivity contribution is 5.79. The number of aromatic nitrogens is 2. The minimum absolute atomic E-state index is 0.0604. The maximum Gasteiger partial charge on any atom is 0.328 e. The summed E-state index contributed by atoms with van der Waals surface area (Å²) in [6, 6.07) is 6.87. The maximum atomic E-state index is 12.2. The van der Waals surface area contributed by atoms with Crippen LogP contribution in [0.3, 0.4) is 0 Å². The summed E-state index contributed by atoms with van der Waals surface area (Å²) >= 11 is 0. The summed E-state index contributed by atoms with van der Waals surface area (Å²) in [5, 5.41) is 0.476. The molecule has 0 saturated carbocycles. The molecule has 1 heterocycles. The smallest absolute Gasteiger partial charge is 0.307 e. The highest BCUT2D eigenvalue weighted by atomic mass is 16.2. The number of ketones is 1. The molecule has 2 rings (SSSR count). The zero-order valence-electron chi connectivity index (χ0n) is 11.1. The summed E-state index contributed by atoms with van der Waals surface area (Å²) in [6.07, 6.45) is 2.68. The number of H-pyrrole nitrogens is 1. The van der Waals surface area contributed by atoms with Gasteiger partial charge >= 0.3 is 5.69 Å². The average Bonchev–Trinajstić information content (AvgIpc) is 2.43. The highest BCUT2D eigenvalue weighted by Gasteiger charge is 2.07. The monoisotopic (exact) mass is 272 g/mol. The number of nitrogens with zero attached hydrogens (tertiary/aromatic N) is 1. The summed E-state index contributed by atoms with van der Waals surface area (Å²) in [4.78, 5) is 38.1. The molecule has 1 aromatic carbocycles. The van der Waals surface area contributed by atoms with Gasteiger partial charge in [0, 0.05) is 19.4 Å². The molecule has 20 heavy (non-hydrogen) atoms. The van der Waals surface area contributed by atoms with Crippen LogP contribution >= 0.6 is 0 Å². The van der Waals surface area contributed by atoms with E-state index in [0.29, 0.717) is 30.2 Å². The molecule has 0 amide bonds. The fraction of sp³-hybridized carbons (Fsp3) is 0.267. The van der Waals surface area contributed by atoms with Crippen molar-refractivity contribution in [2.45, 2.75) is 25.8 Å². The van der Waals surface area contributed by atoms with E-state index >= 15 is 0 Å². The number of fused-ring (bicyclic) bond motifs is 1. The van der Waals surface area contributed by atoms with E-state index in [0.717, 1.165) is 4.57 Å². The van der Waals surface area contributed by atoms with Gasteiger partial charge in [0.15, 0.2) is 0 Å². The van der Waals surface area contributed by atoms with E-state index in [1.807, 2.05) is 0 Å². The maximum absolute atomic E-state index is 12.2. The molecule has 2 aromatic rings. The van der Waals surface area contributed by atoms with Gasteiger partial charge in [-0.3, -0.25) is 14.2 Å². The van der Waals surface area contributed by atoms with Crippen molar-refractivity contribution in [1.82, 2.24) is 9.55 Å². The molecule has 0 fully saturated rings. The van der Waals surface area contributed by atoms with Crippen molar-refractivity contribution in [2.24, 2.45) is 0 Å². The van der Waals surface area contributed by atoms with Gasteiger partial charge in [-0.2, -0.15) is 0 Å². The van der Waals surface area contributed by atoms with Crippen molar-refractivity contribution in [3.63, 3.8) is 0 Å². The number of benzene rings is 1. The van der Waals surface area contributed by atoms with E-state index in [4.69, 9.17) is 0 Å². The molecule has 0 unspecified atom stereocenters. The number of hydrogen-bond donors (Lipinski definition) is 1. The lowest BCUT2D eigenvalue weighted by molar-refractivity contribution is -0.118. The molecule has 0 bridgehead atoms. The van der Waals surface area contributed by atoms with Crippen LogP contribution in [0.15, 0.2) is 46.5 Å². The lowest BCUT2D eigenvalue weighted by Crippen LogP contribution is -2.35. The summed E-state index contributed by atoms with van der Waals surface area (Å²) < 4.78 is 1.14. The first-order chi connectivity index (χ1) is 9.63. The minimum Gasteiger partial charge on any atom is -0.307 e. The van der Waals surface area contributed by atoms with Crippen molar-refractivity contribution < 1.29 is 4.79 Å². The summed E-state index contributed by atoms with van der Waals surface area (Å²) in [6.45, 7) is 3.74. The van der Waals surface area contributed by atoms with E-state index in [-0.39, 0.29) is 17.9 Å². The molecule has 0 spiro atoms. The van der Waals surface area contributed by atoms with Crippen LogP contribution in [0.5, 0.6) is 0 Å². The Morgan fingerprint density at radius 3 is 2.80 bits per heavy atom. The number of aromatic amines is 1. The SMILES string of the molecule is C=CCC(=O)CCCn1c(=O)[nH]c2ccccc2c1=O. The fourth-order valence-corrected chi connectivity index (χ4v) is 2.10. The third kappa shape index (κ3) is 2.93. The van der Waals surface area contributed by atoms with Crippen LogP contribution in [0.2, 0.25) is 0 Å². The van der Waals surface area contributed by atoms with Crippen LogP contribution < -0.4 is 11.2 Å². The Hall–Kier alpha value is -2.43. The second-order valence-corrected chi connectivity index (χ2v) is 4.57. The Bertz CT molecular complexity index is 756. The number of rotatable bonds is 6. The molecule has 0 aliphatic heterocycles. The molecule has 104 valence electrons. The molecule has 1 aromatic heterocycles. The van der Waals surface area contributed by atoms with Crippen LogP contribution in [0.4, 0.5) is 0 Å². The van der Waals surface area contributed by atoms with Crippen LogP contribution in [-0.4, -0.2) is 15.3 Å². The van der Waals surface area contributed by atoms with Crippen LogP contribution in [0, 0.1) is 0 Å². The third-order valence-electron chi connectivity index (χ3n) is 3.10. The van der Waals surface area contributed by atoms with Crippen molar-refractivity contribution >= 4 is 16.7 Å². The molecule has 0 atom stereocenters. The predicted octanol–water partition coefficient (Wildman–Crippen LogP) is 1.62. The van der Waals surface area contributed by atoms with E-state index < -0.39 is 5.69 Å². The number of hydrogen-bond acceptors (Lipinski definition) is 3. The molecular formula is C15H16N2O3. The zero-order valence-corrected chi connectivity index (χ0v) is 11.1. The van der Waals surface area contributed by atoms with Gasteiger partial charge in [-0.05, 0) is 18.6 Å². The first-order valence-corrected chi connectivity index (χ1v) is 6.48. The summed E-state index contributed by atoms with van der Waals surface area (Å²) in [5.41, 5.74) is -0.230. The standard InChI is InChI=1S/C15H16N2O3/c1-2-6-11(18)7-5-10-17-14(19)12-8-3-4-9-13(12)16-15(17)20/h2-4,8-9H,1,5-7,10H2,(H,16,20). The van der Waals surface area contributed by atoms with E-state index in [1.165, 1.54) is 0 Å². The minimum atomic E-state index is -0.440. The highest BCUT2D eigenvalue weighted by Crippen LogP contribution is 2.03. The van der Waals surface area contributed by atoms with Gasteiger partial charge in [0.25, 0.3) is 5.56 Å². The molecule has 0 radical (unpaired) electrons. The lowest BCUT2D eigenvalue weighted by atomic mass is 10.1.